The van der Waals surface area contributed by atoms with Gasteiger partial charge in [-0.05, 0) is 5.92 Å². The molecular formula is C10H18N2O5S. The van der Waals surface area contributed by atoms with Crippen LogP contribution in [-0.2, 0) is 14.6 Å². The number of carboxylic acid groups (broad SMARTS) is 1. The Kier molecular flexibility index (Phi) is 4.55. The fourth-order valence-corrected chi connectivity index (χ4v) is 3.81. The van der Waals surface area contributed by atoms with Crippen LogP contribution in [0.2, 0.25) is 0 Å². The first-order chi connectivity index (χ1) is 8.25. The van der Waals surface area contributed by atoms with E-state index < -0.39 is 27.0 Å². The van der Waals surface area contributed by atoms with E-state index in [0.717, 1.165) is 0 Å². The molecule has 104 valence electrons. The SMILES string of the molecule is CC(C)C(C(=O)O)S(=O)(=O)CCN1CCNC1=O. The number of nitrogens with one attached hydrogen (secondary N) is 1. The summed E-state index contributed by atoms with van der Waals surface area (Å²) in [5.41, 5.74) is 0. The Labute approximate surface area is 106 Å². The van der Waals surface area contributed by atoms with E-state index in [1.165, 1.54) is 4.90 Å². The first-order valence-corrected chi connectivity index (χ1v) is 7.44. The van der Waals surface area contributed by atoms with Crippen molar-refractivity contribution in [2.45, 2.75) is 19.1 Å². The Morgan fingerprint density at radius 1 is 1.50 bits per heavy atom. The zero-order valence-electron chi connectivity index (χ0n) is 10.4. The highest BCUT2D eigenvalue weighted by atomic mass is 32.2. The molecule has 1 aliphatic rings. The van der Waals surface area contributed by atoms with Gasteiger partial charge in [-0.1, -0.05) is 13.8 Å². The Hall–Kier alpha value is -1.31. The molecule has 0 aromatic heterocycles. The van der Waals surface area contributed by atoms with Crippen molar-refractivity contribution in [3.05, 3.63) is 0 Å². The van der Waals surface area contributed by atoms with E-state index in [0.29, 0.717) is 13.1 Å². The van der Waals surface area contributed by atoms with Gasteiger partial charge in [-0.15, -0.1) is 0 Å². The van der Waals surface area contributed by atoms with Gasteiger partial charge in [-0.25, -0.2) is 13.2 Å². The highest BCUT2D eigenvalue weighted by Gasteiger charge is 2.35. The van der Waals surface area contributed by atoms with Crippen molar-refractivity contribution in [3.63, 3.8) is 0 Å². The molecule has 0 bridgehead atoms. The number of carboxylic acids is 1. The lowest BCUT2D eigenvalue weighted by molar-refractivity contribution is -0.137. The van der Waals surface area contributed by atoms with E-state index in [1.807, 2.05) is 0 Å². The van der Waals surface area contributed by atoms with E-state index in [9.17, 15) is 18.0 Å². The lowest BCUT2D eigenvalue weighted by atomic mass is 10.1. The summed E-state index contributed by atoms with van der Waals surface area (Å²) in [5, 5.41) is 10.1. The molecule has 1 aliphatic heterocycles. The first kappa shape index (κ1) is 14.7. The number of hydrogen-bond donors (Lipinski definition) is 2. The molecule has 2 N–H and O–H groups in total. The van der Waals surface area contributed by atoms with E-state index in [1.54, 1.807) is 13.8 Å². The molecule has 1 unspecified atom stereocenters. The van der Waals surface area contributed by atoms with Crippen LogP contribution >= 0.6 is 0 Å². The maximum absolute atomic E-state index is 11.9. The van der Waals surface area contributed by atoms with E-state index >= 15 is 0 Å². The average molecular weight is 278 g/mol. The molecule has 0 aromatic carbocycles. The number of nitrogens with zero attached hydrogens (tertiary/aromatic N) is 1. The molecule has 0 saturated carbocycles. The Bertz CT molecular complexity index is 432. The number of aliphatic carboxylic acids is 1. The molecular weight excluding hydrogens is 260 g/mol. The Morgan fingerprint density at radius 3 is 2.50 bits per heavy atom. The van der Waals surface area contributed by atoms with Crippen LogP contribution in [0.3, 0.4) is 0 Å². The van der Waals surface area contributed by atoms with Crippen LogP contribution in [-0.4, -0.2) is 61.1 Å². The van der Waals surface area contributed by atoms with Gasteiger partial charge in [0.05, 0.1) is 5.75 Å². The zero-order chi connectivity index (χ0) is 13.9. The van der Waals surface area contributed by atoms with Crippen molar-refractivity contribution >= 4 is 21.8 Å². The predicted octanol–water partition coefficient (Wildman–Crippen LogP) is -0.464. The lowest BCUT2D eigenvalue weighted by Gasteiger charge is -2.19. The summed E-state index contributed by atoms with van der Waals surface area (Å²) < 4.78 is 23.9. The largest absolute Gasteiger partial charge is 0.480 e. The molecule has 8 heteroatoms. The van der Waals surface area contributed by atoms with Gasteiger partial charge in [0, 0.05) is 19.6 Å². The van der Waals surface area contributed by atoms with Crippen molar-refractivity contribution in [3.8, 4) is 0 Å². The summed E-state index contributed by atoms with van der Waals surface area (Å²) in [5.74, 6) is -2.16. The van der Waals surface area contributed by atoms with E-state index in [2.05, 4.69) is 5.32 Å². The molecule has 1 heterocycles. The highest BCUT2D eigenvalue weighted by Crippen LogP contribution is 2.14. The monoisotopic (exact) mass is 278 g/mol. The van der Waals surface area contributed by atoms with Crippen molar-refractivity contribution in [1.82, 2.24) is 10.2 Å². The van der Waals surface area contributed by atoms with Crippen molar-refractivity contribution in [1.29, 1.82) is 0 Å². The summed E-state index contributed by atoms with van der Waals surface area (Å²) in [7, 11) is -3.75. The number of amides is 2. The van der Waals surface area contributed by atoms with Crippen molar-refractivity contribution < 1.29 is 23.1 Å². The summed E-state index contributed by atoms with van der Waals surface area (Å²) in [6.45, 7) is 4.08. The van der Waals surface area contributed by atoms with Crippen LogP contribution in [0.15, 0.2) is 0 Å². The van der Waals surface area contributed by atoms with E-state index in [-0.39, 0.29) is 18.3 Å². The van der Waals surface area contributed by atoms with Crippen LogP contribution in [0.5, 0.6) is 0 Å². The van der Waals surface area contributed by atoms with Crippen LogP contribution < -0.4 is 5.32 Å². The average Bonchev–Trinajstić information content (AvgIpc) is 2.59. The molecule has 0 spiro atoms. The fraction of sp³-hybridized carbons (Fsp3) is 0.800. The third kappa shape index (κ3) is 3.34. The topological polar surface area (TPSA) is 104 Å². The van der Waals surface area contributed by atoms with Gasteiger partial charge in [-0.2, -0.15) is 0 Å². The number of carbonyl (C=O) groups excluding carboxylic acids is 1. The van der Waals surface area contributed by atoms with Crippen LogP contribution in [0.25, 0.3) is 0 Å². The van der Waals surface area contributed by atoms with Crippen molar-refractivity contribution in [2.75, 3.05) is 25.4 Å². The van der Waals surface area contributed by atoms with Crippen LogP contribution in [0.4, 0.5) is 4.79 Å². The molecule has 2 amide bonds. The number of hydrogen-bond acceptors (Lipinski definition) is 4. The number of rotatable bonds is 6. The molecule has 1 atom stereocenters. The van der Waals surface area contributed by atoms with Gasteiger partial charge in [0.25, 0.3) is 0 Å². The maximum Gasteiger partial charge on any atom is 0.322 e. The molecule has 1 fully saturated rings. The molecule has 7 nitrogen and oxygen atoms in total. The van der Waals surface area contributed by atoms with Gasteiger partial charge < -0.3 is 15.3 Å². The Balaban J connectivity index is 2.68. The zero-order valence-corrected chi connectivity index (χ0v) is 11.2. The van der Waals surface area contributed by atoms with E-state index in [4.69, 9.17) is 5.11 Å². The second-order valence-corrected chi connectivity index (χ2v) is 6.83. The molecule has 0 aliphatic carbocycles. The molecule has 0 radical (unpaired) electrons. The van der Waals surface area contributed by atoms with Gasteiger partial charge in [0.1, 0.15) is 0 Å². The quantitative estimate of drug-likeness (QED) is 0.684. The van der Waals surface area contributed by atoms with Gasteiger partial charge in [0.15, 0.2) is 15.1 Å². The Morgan fingerprint density at radius 2 is 2.11 bits per heavy atom. The maximum atomic E-state index is 11.9. The normalized spacial score (nSPS) is 17.9. The standard InChI is InChI=1S/C10H18N2O5S/c1-7(2)8(9(13)14)18(16,17)6-5-12-4-3-11-10(12)15/h7-8H,3-6H2,1-2H3,(H,11,15)(H,13,14). The van der Waals surface area contributed by atoms with Gasteiger partial charge in [-0.3, -0.25) is 4.79 Å². The minimum atomic E-state index is -3.75. The number of sulfone groups is 1. The number of urea groups is 1. The van der Waals surface area contributed by atoms with Gasteiger partial charge >= 0.3 is 12.0 Å². The summed E-state index contributed by atoms with van der Waals surface area (Å²) >= 11 is 0. The lowest BCUT2D eigenvalue weighted by Crippen LogP contribution is -2.40. The fourth-order valence-electron chi connectivity index (χ4n) is 1.94. The predicted molar refractivity (Wildman–Crippen MR) is 65.0 cm³/mol. The minimum absolute atomic E-state index is 0.0324. The highest BCUT2D eigenvalue weighted by molar-refractivity contribution is 7.92. The summed E-state index contributed by atoms with van der Waals surface area (Å²) in [6, 6.07) is -0.304. The minimum Gasteiger partial charge on any atom is -0.480 e. The molecule has 18 heavy (non-hydrogen) atoms. The van der Waals surface area contributed by atoms with Gasteiger partial charge in [0.2, 0.25) is 0 Å². The first-order valence-electron chi connectivity index (χ1n) is 5.73. The number of carbonyl (C=O) groups is 2. The van der Waals surface area contributed by atoms with Crippen LogP contribution in [0, 0.1) is 5.92 Å². The van der Waals surface area contributed by atoms with Crippen LogP contribution in [0.1, 0.15) is 13.8 Å². The molecule has 1 rings (SSSR count). The summed E-state index contributed by atoms with van der Waals surface area (Å²) in [4.78, 5) is 23.6. The molecule has 0 aromatic rings. The third-order valence-electron chi connectivity index (χ3n) is 2.83. The second kappa shape index (κ2) is 5.55. The van der Waals surface area contributed by atoms with Crippen molar-refractivity contribution in [2.24, 2.45) is 5.92 Å². The smallest absolute Gasteiger partial charge is 0.322 e. The third-order valence-corrected chi connectivity index (χ3v) is 5.10. The molecule has 1 saturated heterocycles. The summed E-state index contributed by atoms with van der Waals surface area (Å²) in [6.07, 6.45) is 0. The second-order valence-electron chi connectivity index (χ2n) is 4.59.